The fourth-order valence-electron chi connectivity index (χ4n) is 2.75. The fraction of sp³-hybridized carbons (Fsp3) is 0.250. The number of aryl methyl sites for hydroxylation is 1. The molecule has 0 aliphatic carbocycles. The van der Waals surface area contributed by atoms with E-state index in [0.717, 1.165) is 4.88 Å². The molecule has 0 unspecified atom stereocenters. The lowest BCUT2D eigenvalue weighted by Gasteiger charge is -2.21. The van der Waals surface area contributed by atoms with Gasteiger partial charge in [-0.3, -0.25) is 4.79 Å². The number of carbonyl (C=O) groups is 1. The number of amides is 1. The number of hydrogen-bond donors (Lipinski definition) is 1. The fourth-order valence-corrected chi connectivity index (χ4v) is 4.99. The van der Waals surface area contributed by atoms with Crippen LogP contribution in [0.2, 0.25) is 5.02 Å². The van der Waals surface area contributed by atoms with Gasteiger partial charge in [0.15, 0.2) is 0 Å². The highest BCUT2D eigenvalue weighted by Crippen LogP contribution is 2.19. The summed E-state index contributed by atoms with van der Waals surface area (Å²) < 4.78 is 32.6. The maximum Gasteiger partial charge on any atom is 0.240 e. The van der Waals surface area contributed by atoms with Gasteiger partial charge in [0.1, 0.15) is 5.76 Å². The second-order valence-electron chi connectivity index (χ2n) is 6.45. The highest BCUT2D eigenvalue weighted by Gasteiger charge is 2.19. The number of thiophene rings is 1. The number of hydrogen-bond acceptors (Lipinski definition) is 5. The van der Waals surface area contributed by atoms with Gasteiger partial charge in [-0.1, -0.05) is 17.7 Å². The van der Waals surface area contributed by atoms with Gasteiger partial charge >= 0.3 is 0 Å². The molecule has 0 radical (unpaired) electrons. The molecule has 0 atom stereocenters. The molecular formula is C20H21ClN2O4S2. The van der Waals surface area contributed by atoms with Crippen molar-refractivity contribution in [2.75, 3.05) is 6.54 Å². The van der Waals surface area contributed by atoms with Crippen LogP contribution < -0.4 is 4.72 Å². The lowest BCUT2D eigenvalue weighted by Crippen LogP contribution is -2.33. The second kappa shape index (κ2) is 9.58. The minimum atomic E-state index is -3.73. The van der Waals surface area contributed by atoms with Crippen LogP contribution in [0, 0.1) is 6.92 Å². The quantitative estimate of drug-likeness (QED) is 0.527. The third kappa shape index (κ3) is 6.17. The van der Waals surface area contributed by atoms with E-state index in [-0.39, 0.29) is 23.8 Å². The zero-order valence-electron chi connectivity index (χ0n) is 15.8. The van der Waals surface area contributed by atoms with Gasteiger partial charge in [0, 0.05) is 27.7 Å². The van der Waals surface area contributed by atoms with Gasteiger partial charge in [-0.25, -0.2) is 13.1 Å². The number of furan rings is 1. The van der Waals surface area contributed by atoms with Crippen LogP contribution in [0.3, 0.4) is 0 Å². The number of halogens is 1. The summed E-state index contributed by atoms with van der Waals surface area (Å²) in [4.78, 5) is 16.7. The number of nitrogens with one attached hydrogen (secondary N) is 1. The van der Waals surface area contributed by atoms with E-state index >= 15 is 0 Å². The topological polar surface area (TPSA) is 79.6 Å². The van der Waals surface area contributed by atoms with E-state index < -0.39 is 10.0 Å². The predicted molar refractivity (Wildman–Crippen MR) is 113 cm³/mol. The molecule has 0 fully saturated rings. The summed E-state index contributed by atoms with van der Waals surface area (Å²) >= 11 is 7.49. The highest BCUT2D eigenvalue weighted by atomic mass is 35.5. The average molecular weight is 453 g/mol. The summed E-state index contributed by atoms with van der Waals surface area (Å²) in [6, 6.07) is 13.6. The first-order valence-electron chi connectivity index (χ1n) is 8.94. The summed E-state index contributed by atoms with van der Waals surface area (Å²) in [7, 11) is -3.73. The van der Waals surface area contributed by atoms with Crippen LogP contribution in [0.25, 0.3) is 0 Å². The van der Waals surface area contributed by atoms with E-state index in [1.54, 1.807) is 40.7 Å². The molecule has 0 spiro atoms. The first-order valence-corrected chi connectivity index (χ1v) is 11.6. The largest absolute Gasteiger partial charge is 0.467 e. The SMILES string of the molecule is Cc1ccc(CN(Cc2ccco2)C(=O)CCNS(=O)(=O)c2cccc(Cl)c2)s1. The first-order chi connectivity index (χ1) is 13.8. The second-order valence-corrected chi connectivity index (χ2v) is 10.0. The Hall–Kier alpha value is -2.13. The molecule has 9 heteroatoms. The lowest BCUT2D eigenvalue weighted by atomic mass is 10.3. The number of carbonyl (C=O) groups excluding carboxylic acids is 1. The van der Waals surface area contributed by atoms with Crippen molar-refractivity contribution < 1.29 is 17.6 Å². The van der Waals surface area contributed by atoms with Gasteiger partial charge in [-0.15, -0.1) is 11.3 Å². The minimum Gasteiger partial charge on any atom is -0.467 e. The molecule has 0 saturated heterocycles. The van der Waals surface area contributed by atoms with E-state index in [1.807, 2.05) is 25.1 Å². The van der Waals surface area contributed by atoms with Crippen molar-refractivity contribution in [2.24, 2.45) is 0 Å². The van der Waals surface area contributed by atoms with Crippen molar-refractivity contribution in [2.45, 2.75) is 31.3 Å². The molecule has 0 saturated carbocycles. The summed E-state index contributed by atoms with van der Waals surface area (Å²) in [6.45, 7) is 2.77. The number of benzene rings is 1. The molecule has 154 valence electrons. The molecule has 0 bridgehead atoms. The summed E-state index contributed by atoms with van der Waals surface area (Å²) in [5.74, 6) is 0.507. The van der Waals surface area contributed by atoms with Crippen LogP contribution >= 0.6 is 22.9 Å². The maximum atomic E-state index is 12.8. The summed E-state index contributed by atoms with van der Waals surface area (Å²) in [5.41, 5.74) is 0. The average Bonchev–Trinajstić information content (AvgIpc) is 3.33. The number of nitrogens with zero attached hydrogens (tertiary/aromatic N) is 1. The van der Waals surface area contributed by atoms with Crippen molar-refractivity contribution in [3.05, 3.63) is 75.3 Å². The van der Waals surface area contributed by atoms with E-state index in [2.05, 4.69) is 4.72 Å². The van der Waals surface area contributed by atoms with Gasteiger partial charge in [0.25, 0.3) is 0 Å². The van der Waals surface area contributed by atoms with Crippen molar-refractivity contribution >= 4 is 38.9 Å². The molecule has 1 aromatic carbocycles. The molecule has 0 aliphatic rings. The van der Waals surface area contributed by atoms with E-state index in [9.17, 15) is 13.2 Å². The molecule has 3 aromatic rings. The lowest BCUT2D eigenvalue weighted by molar-refractivity contribution is -0.132. The Bertz CT molecular complexity index is 1060. The zero-order chi connectivity index (χ0) is 20.9. The smallest absolute Gasteiger partial charge is 0.240 e. The third-order valence-corrected chi connectivity index (χ3v) is 6.84. The van der Waals surface area contributed by atoms with Crippen LogP contribution in [0.15, 0.2) is 64.1 Å². The van der Waals surface area contributed by atoms with Gasteiger partial charge in [0.05, 0.1) is 24.2 Å². The maximum absolute atomic E-state index is 12.8. The molecule has 0 aliphatic heterocycles. The molecule has 2 aromatic heterocycles. The Morgan fingerprint density at radius 3 is 2.66 bits per heavy atom. The Morgan fingerprint density at radius 1 is 1.17 bits per heavy atom. The Morgan fingerprint density at radius 2 is 2.00 bits per heavy atom. The Balaban J connectivity index is 1.63. The van der Waals surface area contributed by atoms with E-state index in [0.29, 0.717) is 23.9 Å². The zero-order valence-corrected chi connectivity index (χ0v) is 18.2. The standard InChI is InChI=1S/C20H21ClN2O4S2/c1-15-7-8-18(28-15)14-23(13-17-5-3-11-27-17)20(24)9-10-22-29(25,26)19-6-2-4-16(21)12-19/h2-8,11-12,22H,9-10,13-14H2,1H3. The Labute approximate surface area is 179 Å². The monoisotopic (exact) mass is 452 g/mol. The van der Waals surface area contributed by atoms with Gasteiger partial charge < -0.3 is 9.32 Å². The molecule has 3 rings (SSSR count). The molecule has 29 heavy (non-hydrogen) atoms. The first kappa shape index (κ1) is 21.6. The third-order valence-electron chi connectivity index (χ3n) is 4.16. The molecular weight excluding hydrogens is 432 g/mol. The van der Waals surface area contributed by atoms with Crippen LogP contribution in [0.4, 0.5) is 0 Å². The molecule has 1 N–H and O–H groups in total. The molecule has 6 nitrogen and oxygen atoms in total. The van der Waals surface area contributed by atoms with Crippen LogP contribution in [0.1, 0.15) is 21.9 Å². The summed E-state index contributed by atoms with van der Waals surface area (Å²) in [5, 5.41) is 0.333. The normalized spacial score (nSPS) is 11.5. The van der Waals surface area contributed by atoms with E-state index in [1.165, 1.54) is 17.0 Å². The van der Waals surface area contributed by atoms with Crippen LogP contribution in [0.5, 0.6) is 0 Å². The van der Waals surface area contributed by atoms with Gasteiger partial charge in [-0.05, 0) is 49.4 Å². The number of rotatable bonds is 9. The summed E-state index contributed by atoms with van der Waals surface area (Å²) in [6.07, 6.45) is 1.59. The number of sulfonamides is 1. The van der Waals surface area contributed by atoms with Crippen molar-refractivity contribution in [1.29, 1.82) is 0 Å². The minimum absolute atomic E-state index is 0.00813. The van der Waals surface area contributed by atoms with E-state index in [4.69, 9.17) is 16.0 Å². The van der Waals surface area contributed by atoms with Crippen molar-refractivity contribution in [1.82, 2.24) is 9.62 Å². The molecule has 1 amide bonds. The van der Waals surface area contributed by atoms with Crippen LogP contribution in [-0.4, -0.2) is 25.8 Å². The van der Waals surface area contributed by atoms with Crippen molar-refractivity contribution in [3.8, 4) is 0 Å². The Kier molecular flexibility index (Phi) is 7.13. The predicted octanol–water partition coefficient (Wildman–Crippen LogP) is 4.20. The van der Waals surface area contributed by atoms with Gasteiger partial charge in [-0.2, -0.15) is 0 Å². The van der Waals surface area contributed by atoms with Crippen molar-refractivity contribution in [3.63, 3.8) is 0 Å². The van der Waals surface area contributed by atoms with Gasteiger partial charge in [0.2, 0.25) is 15.9 Å². The molecule has 2 heterocycles. The van der Waals surface area contributed by atoms with Crippen LogP contribution in [-0.2, 0) is 27.9 Å². The highest BCUT2D eigenvalue weighted by molar-refractivity contribution is 7.89.